The molecule has 10 heteroatoms. The van der Waals surface area contributed by atoms with Crippen LogP contribution in [0.3, 0.4) is 0 Å². The summed E-state index contributed by atoms with van der Waals surface area (Å²) in [5.41, 5.74) is 0.759. The van der Waals surface area contributed by atoms with E-state index in [4.69, 9.17) is 9.84 Å². The number of nitrogens with one attached hydrogen (secondary N) is 1. The van der Waals surface area contributed by atoms with Crippen LogP contribution in [0.2, 0.25) is 0 Å². The molecular formula is C26H31F3N2O5. The van der Waals surface area contributed by atoms with Crippen LogP contribution in [0, 0.1) is 17.8 Å². The van der Waals surface area contributed by atoms with Gasteiger partial charge in [0.2, 0.25) is 11.8 Å². The maximum Gasteiger partial charge on any atom is 0.406 e. The third-order valence-corrected chi connectivity index (χ3v) is 8.23. The molecule has 5 rings (SSSR count). The zero-order valence-electron chi connectivity index (χ0n) is 19.8. The fraction of sp³-hybridized carbons (Fsp3) is 0.615. The normalized spacial score (nSPS) is 32.4. The summed E-state index contributed by atoms with van der Waals surface area (Å²) in [5, 5.41) is 23.0. The van der Waals surface area contributed by atoms with E-state index in [2.05, 4.69) is 5.32 Å². The third-order valence-electron chi connectivity index (χ3n) is 8.23. The van der Waals surface area contributed by atoms with Crippen LogP contribution in [0.1, 0.15) is 43.6 Å². The van der Waals surface area contributed by atoms with Gasteiger partial charge in [0.05, 0.1) is 18.6 Å². The van der Waals surface area contributed by atoms with Gasteiger partial charge in [-0.05, 0) is 49.2 Å². The number of fused-ring (bicyclic) bond motifs is 5. The maximum atomic E-state index is 13.7. The van der Waals surface area contributed by atoms with E-state index in [1.54, 1.807) is 24.3 Å². The molecule has 196 valence electrons. The number of amides is 2. The number of halogens is 3. The van der Waals surface area contributed by atoms with E-state index in [1.807, 2.05) is 0 Å². The smallest absolute Gasteiger partial charge is 0.406 e. The number of alkyl halides is 3. The molecule has 36 heavy (non-hydrogen) atoms. The standard InChI is InChI=1S/C26H31F3N2O5/c27-26(28,29)13-31(21(33)11-16-10-14-5-6-15(16)9-14)19-12-18(25(35)30-7-8-32)22-17-3-1-2-4-20(17)36-24(22)23(19)34/h1-4,12,14-16,19,22-24,32,34H,5-11,13H2,(H,30,35). The Hall–Kier alpha value is -2.59. The molecule has 2 saturated carbocycles. The van der Waals surface area contributed by atoms with Gasteiger partial charge in [-0.3, -0.25) is 9.59 Å². The van der Waals surface area contributed by atoms with E-state index in [1.165, 1.54) is 6.08 Å². The number of aliphatic hydroxyl groups excluding tert-OH is 2. The molecule has 0 spiro atoms. The van der Waals surface area contributed by atoms with Crippen LogP contribution in [0.25, 0.3) is 0 Å². The van der Waals surface area contributed by atoms with Crippen molar-refractivity contribution >= 4 is 11.8 Å². The van der Waals surface area contributed by atoms with Crippen molar-refractivity contribution < 1.29 is 37.7 Å². The van der Waals surface area contributed by atoms with Gasteiger partial charge in [0.15, 0.2) is 0 Å². The Labute approximate surface area is 207 Å². The monoisotopic (exact) mass is 508 g/mol. The molecule has 3 aliphatic carbocycles. The second-order valence-corrected chi connectivity index (χ2v) is 10.5. The molecule has 3 N–H and O–H groups in total. The molecule has 2 amide bonds. The minimum Gasteiger partial charge on any atom is -0.486 e. The maximum absolute atomic E-state index is 13.7. The summed E-state index contributed by atoms with van der Waals surface area (Å²) in [5.74, 6) is -0.586. The first-order chi connectivity index (χ1) is 17.2. The van der Waals surface area contributed by atoms with Gasteiger partial charge in [0, 0.05) is 24.1 Å². The Morgan fingerprint density at radius 1 is 1.17 bits per heavy atom. The van der Waals surface area contributed by atoms with E-state index in [0.717, 1.165) is 25.7 Å². The lowest BCUT2D eigenvalue weighted by Gasteiger charge is -2.41. The van der Waals surface area contributed by atoms with Crippen LogP contribution in [0.15, 0.2) is 35.9 Å². The van der Waals surface area contributed by atoms with Crippen molar-refractivity contribution in [1.82, 2.24) is 10.2 Å². The number of hydrogen-bond acceptors (Lipinski definition) is 5. The lowest BCUT2D eigenvalue weighted by molar-refractivity contribution is -0.171. The molecule has 1 aromatic carbocycles. The van der Waals surface area contributed by atoms with Gasteiger partial charge in [0.25, 0.3) is 0 Å². The topological polar surface area (TPSA) is 99.1 Å². The fourth-order valence-electron chi connectivity index (χ4n) is 6.71. The average Bonchev–Trinajstić information content (AvgIpc) is 3.55. The zero-order chi connectivity index (χ0) is 25.6. The van der Waals surface area contributed by atoms with E-state index in [-0.39, 0.29) is 31.1 Å². The number of carbonyl (C=O) groups excluding carboxylic acids is 2. The van der Waals surface area contributed by atoms with Gasteiger partial charge < -0.3 is 25.2 Å². The van der Waals surface area contributed by atoms with E-state index in [9.17, 15) is 27.9 Å². The number of para-hydroxylation sites is 1. The van der Waals surface area contributed by atoms with Gasteiger partial charge in [-0.15, -0.1) is 0 Å². The minimum absolute atomic E-state index is 0.00444. The Morgan fingerprint density at radius 3 is 2.61 bits per heavy atom. The first-order valence-corrected chi connectivity index (χ1v) is 12.6. The van der Waals surface area contributed by atoms with Crippen molar-refractivity contribution in [2.75, 3.05) is 19.7 Å². The number of hydrogen-bond donors (Lipinski definition) is 3. The molecule has 2 bridgehead atoms. The zero-order valence-corrected chi connectivity index (χ0v) is 19.8. The van der Waals surface area contributed by atoms with Crippen LogP contribution in [0.5, 0.6) is 5.75 Å². The van der Waals surface area contributed by atoms with Crippen LogP contribution < -0.4 is 10.1 Å². The molecule has 7 nitrogen and oxygen atoms in total. The summed E-state index contributed by atoms with van der Waals surface area (Å²) >= 11 is 0. The molecule has 7 unspecified atom stereocenters. The Balaban J connectivity index is 1.48. The molecule has 1 heterocycles. The van der Waals surface area contributed by atoms with Crippen LogP contribution >= 0.6 is 0 Å². The Bertz CT molecular complexity index is 1040. The predicted molar refractivity (Wildman–Crippen MR) is 123 cm³/mol. The quantitative estimate of drug-likeness (QED) is 0.526. The number of carbonyl (C=O) groups is 2. The second kappa shape index (κ2) is 9.70. The van der Waals surface area contributed by atoms with Crippen molar-refractivity contribution in [3.05, 3.63) is 41.5 Å². The predicted octanol–water partition coefficient (Wildman–Crippen LogP) is 2.53. The summed E-state index contributed by atoms with van der Waals surface area (Å²) in [7, 11) is 0. The van der Waals surface area contributed by atoms with E-state index >= 15 is 0 Å². The van der Waals surface area contributed by atoms with Crippen molar-refractivity contribution in [1.29, 1.82) is 0 Å². The average molecular weight is 509 g/mol. The van der Waals surface area contributed by atoms with Crippen molar-refractivity contribution in [3.63, 3.8) is 0 Å². The molecule has 0 saturated heterocycles. The summed E-state index contributed by atoms with van der Waals surface area (Å²) in [4.78, 5) is 27.1. The van der Waals surface area contributed by atoms with Gasteiger partial charge in [-0.25, -0.2) is 0 Å². The highest BCUT2D eigenvalue weighted by Crippen LogP contribution is 2.50. The largest absolute Gasteiger partial charge is 0.486 e. The van der Waals surface area contributed by atoms with E-state index in [0.29, 0.717) is 28.0 Å². The van der Waals surface area contributed by atoms with Crippen molar-refractivity contribution in [2.24, 2.45) is 17.8 Å². The van der Waals surface area contributed by atoms with Gasteiger partial charge in [0.1, 0.15) is 24.5 Å². The van der Waals surface area contributed by atoms with Crippen LogP contribution in [0.4, 0.5) is 13.2 Å². The summed E-state index contributed by atoms with van der Waals surface area (Å²) < 4.78 is 47.0. The SMILES string of the molecule is O=C(NCCO)C1=CC(N(CC(F)(F)F)C(=O)CC2CC3CCC2C3)C(O)C2Oc3ccccc3C12. The summed E-state index contributed by atoms with van der Waals surface area (Å²) in [6.45, 7) is -1.88. The Kier molecular flexibility index (Phi) is 6.76. The van der Waals surface area contributed by atoms with Crippen LogP contribution in [-0.4, -0.2) is 71.0 Å². The van der Waals surface area contributed by atoms with E-state index < -0.39 is 48.7 Å². The van der Waals surface area contributed by atoms with Gasteiger partial charge in [-0.2, -0.15) is 13.2 Å². The van der Waals surface area contributed by atoms with Gasteiger partial charge >= 0.3 is 6.18 Å². The molecular weight excluding hydrogens is 477 g/mol. The lowest BCUT2D eigenvalue weighted by atomic mass is 9.77. The summed E-state index contributed by atoms with van der Waals surface area (Å²) in [6, 6.07) is 5.51. The number of ether oxygens (including phenoxy) is 1. The number of aliphatic hydroxyl groups is 2. The molecule has 0 aromatic heterocycles. The molecule has 1 aromatic rings. The molecule has 7 atom stereocenters. The molecule has 4 aliphatic rings. The number of rotatable bonds is 7. The van der Waals surface area contributed by atoms with Crippen LogP contribution in [-0.2, 0) is 9.59 Å². The molecule has 1 aliphatic heterocycles. The highest BCUT2D eigenvalue weighted by Gasteiger charge is 2.52. The highest BCUT2D eigenvalue weighted by atomic mass is 19.4. The first-order valence-electron chi connectivity index (χ1n) is 12.6. The lowest BCUT2D eigenvalue weighted by Crippen LogP contribution is -2.57. The Morgan fingerprint density at radius 2 is 1.94 bits per heavy atom. The molecule has 0 radical (unpaired) electrons. The third kappa shape index (κ3) is 4.72. The van der Waals surface area contributed by atoms with Gasteiger partial charge in [-0.1, -0.05) is 24.6 Å². The molecule has 2 fully saturated rings. The number of nitrogens with zero attached hydrogens (tertiary/aromatic N) is 1. The van der Waals surface area contributed by atoms with Crippen molar-refractivity contribution in [3.8, 4) is 5.75 Å². The summed E-state index contributed by atoms with van der Waals surface area (Å²) in [6.07, 6.45) is -1.93. The first kappa shape index (κ1) is 25.1. The second-order valence-electron chi connectivity index (χ2n) is 10.5. The minimum atomic E-state index is -4.69. The highest BCUT2D eigenvalue weighted by molar-refractivity contribution is 5.96. The van der Waals surface area contributed by atoms with Crippen molar-refractivity contribution in [2.45, 2.75) is 62.4 Å². The fourth-order valence-corrected chi connectivity index (χ4v) is 6.71. The number of benzene rings is 1.